The summed E-state index contributed by atoms with van der Waals surface area (Å²) >= 11 is 0. The van der Waals surface area contributed by atoms with E-state index in [4.69, 9.17) is 4.74 Å². The van der Waals surface area contributed by atoms with E-state index < -0.39 is 10.0 Å². The number of sulfonamides is 1. The SMILES string of the molecule is CCN(CC)c1ccc(CNS(=O)(=O)c2ccc(OC)c(C(=O)N3CCCC3)c2)cc1. The number of carbonyl (C=O) groups excluding carboxylic acids is 1. The molecule has 168 valence electrons. The van der Waals surface area contributed by atoms with Crippen LogP contribution in [-0.4, -0.2) is 52.5 Å². The van der Waals surface area contributed by atoms with Crippen molar-refractivity contribution >= 4 is 21.6 Å². The van der Waals surface area contributed by atoms with Gasteiger partial charge in [0, 0.05) is 38.4 Å². The molecule has 1 aliphatic heterocycles. The Morgan fingerprint density at radius 2 is 1.71 bits per heavy atom. The Morgan fingerprint density at radius 1 is 1.06 bits per heavy atom. The summed E-state index contributed by atoms with van der Waals surface area (Å²) in [5.41, 5.74) is 2.24. The van der Waals surface area contributed by atoms with Crippen molar-refractivity contribution in [2.24, 2.45) is 0 Å². The second-order valence-corrected chi connectivity index (χ2v) is 9.29. The molecule has 0 radical (unpaired) electrons. The molecule has 0 atom stereocenters. The minimum atomic E-state index is -3.79. The number of ether oxygens (including phenoxy) is 1. The number of nitrogens with zero attached hydrogens (tertiary/aromatic N) is 2. The molecule has 7 nitrogen and oxygen atoms in total. The number of methoxy groups -OCH3 is 1. The quantitative estimate of drug-likeness (QED) is 0.641. The van der Waals surface area contributed by atoms with E-state index in [2.05, 4.69) is 23.5 Å². The Bertz CT molecular complexity index is 996. The van der Waals surface area contributed by atoms with Gasteiger partial charge >= 0.3 is 0 Å². The van der Waals surface area contributed by atoms with Gasteiger partial charge in [0.1, 0.15) is 5.75 Å². The van der Waals surface area contributed by atoms with Crippen LogP contribution in [0.4, 0.5) is 5.69 Å². The maximum atomic E-state index is 12.9. The van der Waals surface area contributed by atoms with E-state index in [0.717, 1.165) is 37.2 Å². The second kappa shape index (κ2) is 10.2. The van der Waals surface area contributed by atoms with Crippen molar-refractivity contribution in [1.29, 1.82) is 0 Å². The van der Waals surface area contributed by atoms with E-state index in [9.17, 15) is 13.2 Å². The fourth-order valence-electron chi connectivity index (χ4n) is 3.79. The fraction of sp³-hybridized carbons (Fsp3) is 0.435. The maximum Gasteiger partial charge on any atom is 0.257 e. The highest BCUT2D eigenvalue weighted by Crippen LogP contribution is 2.25. The van der Waals surface area contributed by atoms with E-state index in [1.54, 1.807) is 4.90 Å². The zero-order valence-electron chi connectivity index (χ0n) is 18.4. The lowest BCUT2D eigenvalue weighted by Crippen LogP contribution is -2.29. The summed E-state index contributed by atoms with van der Waals surface area (Å²) in [6, 6.07) is 12.3. The highest BCUT2D eigenvalue weighted by atomic mass is 32.2. The van der Waals surface area contributed by atoms with Crippen LogP contribution in [0.3, 0.4) is 0 Å². The first-order valence-corrected chi connectivity index (χ1v) is 12.2. The molecule has 3 rings (SSSR count). The first-order chi connectivity index (χ1) is 14.9. The van der Waals surface area contributed by atoms with Crippen LogP contribution in [0.1, 0.15) is 42.6 Å². The number of rotatable bonds is 9. The molecule has 1 fully saturated rings. The number of anilines is 1. The monoisotopic (exact) mass is 445 g/mol. The smallest absolute Gasteiger partial charge is 0.257 e. The standard InChI is InChI=1S/C23H31N3O4S/c1-4-25(5-2)19-10-8-18(9-11-19)17-24-31(28,29)20-12-13-22(30-3)21(16-20)23(27)26-14-6-7-15-26/h8-13,16,24H,4-7,14-15,17H2,1-3H3. The van der Waals surface area contributed by atoms with Crippen molar-refractivity contribution in [3.8, 4) is 5.75 Å². The van der Waals surface area contributed by atoms with Crippen LogP contribution in [0, 0.1) is 0 Å². The highest BCUT2D eigenvalue weighted by molar-refractivity contribution is 7.89. The molecule has 0 spiro atoms. The second-order valence-electron chi connectivity index (χ2n) is 7.52. The fourth-order valence-corrected chi connectivity index (χ4v) is 4.83. The average Bonchev–Trinajstić information content (AvgIpc) is 3.33. The lowest BCUT2D eigenvalue weighted by atomic mass is 10.1. The van der Waals surface area contributed by atoms with E-state index >= 15 is 0 Å². The molecule has 2 aromatic rings. The number of carbonyl (C=O) groups is 1. The molecular formula is C23H31N3O4S. The summed E-state index contributed by atoms with van der Waals surface area (Å²) in [6.07, 6.45) is 1.92. The van der Waals surface area contributed by atoms with Crippen LogP contribution >= 0.6 is 0 Å². The summed E-state index contributed by atoms with van der Waals surface area (Å²) in [7, 11) is -2.31. The van der Waals surface area contributed by atoms with Crippen molar-refractivity contribution in [2.45, 2.75) is 38.1 Å². The molecule has 0 aliphatic carbocycles. The number of amides is 1. The highest BCUT2D eigenvalue weighted by Gasteiger charge is 2.25. The summed E-state index contributed by atoms with van der Waals surface area (Å²) in [4.78, 5) is 16.9. The van der Waals surface area contributed by atoms with Crippen molar-refractivity contribution in [2.75, 3.05) is 38.2 Å². The summed E-state index contributed by atoms with van der Waals surface area (Å²) < 4.78 is 33.7. The van der Waals surface area contributed by atoms with Gasteiger partial charge in [-0.15, -0.1) is 0 Å². The molecule has 1 heterocycles. The predicted octanol–water partition coefficient (Wildman–Crippen LogP) is 3.26. The van der Waals surface area contributed by atoms with Gasteiger partial charge in [-0.05, 0) is 62.6 Å². The summed E-state index contributed by atoms with van der Waals surface area (Å²) in [5.74, 6) is 0.182. The van der Waals surface area contributed by atoms with Gasteiger partial charge in [-0.2, -0.15) is 0 Å². The van der Waals surface area contributed by atoms with Crippen LogP contribution in [0.15, 0.2) is 47.4 Å². The van der Waals surface area contributed by atoms with Crippen molar-refractivity contribution in [1.82, 2.24) is 9.62 Å². The minimum Gasteiger partial charge on any atom is -0.496 e. The Kier molecular flexibility index (Phi) is 7.56. The van der Waals surface area contributed by atoms with E-state index in [0.29, 0.717) is 18.8 Å². The number of benzene rings is 2. The molecule has 0 aromatic heterocycles. The molecule has 0 unspecified atom stereocenters. The lowest BCUT2D eigenvalue weighted by molar-refractivity contribution is 0.0789. The summed E-state index contributed by atoms with van der Waals surface area (Å²) in [5, 5.41) is 0. The summed E-state index contributed by atoms with van der Waals surface area (Å²) in [6.45, 7) is 7.56. The van der Waals surface area contributed by atoms with Crippen molar-refractivity contribution < 1.29 is 17.9 Å². The Hall–Kier alpha value is -2.58. The number of likely N-dealkylation sites (tertiary alicyclic amines) is 1. The van der Waals surface area contributed by atoms with Gasteiger partial charge in [0.15, 0.2) is 0 Å². The van der Waals surface area contributed by atoms with E-state index in [-0.39, 0.29) is 22.9 Å². The average molecular weight is 446 g/mol. The van der Waals surface area contributed by atoms with Crippen LogP contribution in [-0.2, 0) is 16.6 Å². The Balaban J connectivity index is 1.75. The molecule has 1 amide bonds. The van der Waals surface area contributed by atoms with Gasteiger partial charge in [0.2, 0.25) is 10.0 Å². The van der Waals surface area contributed by atoms with Gasteiger partial charge in [0.05, 0.1) is 17.6 Å². The topological polar surface area (TPSA) is 79.0 Å². The molecule has 1 aliphatic rings. The maximum absolute atomic E-state index is 12.9. The van der Waals surface area contributed by atoms with Crippen molar-refractivity contribution in [3.63, 3.8) is 0 Å². The van der Waals surface area contributed by atoms with Gasteiger partial charge in [0.25, 0.3) is 5.91 Å². The zero-order chi connectivity index (χ0) is 22.4. The first-order valence-electron chi connectivity index (χ1n) is 10.7. The molecule has 31 heavy (non-hydrogen) atoms. The Labute approximate surface area is 185 Å². The van der Waals surface area contributed by atoms with Crippen LogP contribution in [0.5, 0.6) is 5.75 Å². The largest absolute Gasteiger partial charge is 0.496 e. The lowest BCUT2D eigenvalue weighted by Gasteiger charge is -2.21. The van der Waals surface area contributed by atoms with Crippen LogP contribution in [0.25, 0.3) is 0 Å². The minimum absolute atomic E-state index is 0.0515. The zero-order valence-corrected chi connectivity index (χ0v) is 19.2. The molecule has 8 heteroatoms. The van der Waals surface area contributed by atoms with Gasteiger partial charge < -0.3 is 14.5 Å². The van der Waals surface area contributed by atoms with Gasteiger partial charge in [-0.3, -0.25) is 4.79 Å². The first kappa shape index (κ1) is 23.1. The third-order valence-corrected chi connectivity index (χ3v) is 7.04. The van der Waals surface area contributed by atoms with E-state index in [1.165, 1.54) is 25.3 Å². The van der Waals surface area contributed by atoms with E-state index in [1.807, 2.05) is 24.3 Å². The molecule has 0 bridgehead atoms. The molecule has 2 aromatic carbocycles. The molecule has 1 N–H and O–H groups in total. The van der Waals surface area contributed by atoms with Crippen LogP contribution < -0.4 is 14.4 Å². The predicted molar refractivity (Wildman–Crippen MR) is 122 cm³/mol. The van der Waals surface area contributed by atoms with Crippen LogP contribution in [0.2, 0.25) is 0 Å². The normalized spacial score (nSPS) is 14.0. The van der Waals surface area contributed by atoms with Gasteiger partial charge in [-0.25, -0.2) is 13.1 Å². The molecule has 1 saturated heterocycles. The third-order valence-electron chi connectivity index (χ3n) is 5.64. The van der Waals surface area contributed by atoms with Gasteiger partial charge in [-0.1, -0.05) is 12.1 Å². The Morgan fingerprint density at radius 3 is 2.29 bits per heavy atom. The molecular weight excluding hydrogens is 414 g/mol. The number of hydrogen-bond donors (Lipinski definition) is 1. The molecule has 0 saturated carbocycles. The number of hydrogen-bond acceptors (Lipinski definition) is 5. The third kappa shape index (κ3) is 5.37. The number of nitrogens with one attached hydrogen (secondary N) is 1. The van der Waals surface area contributed by atoms with Crippen molar-refractivity contribution in [3.05, 3.63) is 53.6 Å².